The number of rotatable bonds is 5. The molecule has 0 radical (unpaired) electrons. The molecule has 24 heavy (non-hydrogen) atoms. The van der Waals surface area contributed by atoms with Crippen molar-refractivity contribution in [2.45, 2.75) is 32.4 Å². The van der Waals surface area contributed by atoms with Gasteiger partial charge >= 0.3 is 6.03 Å². The maximum absolute atomic E-state index is 12.0. The number of carbonyl (C=O) groups is 1. The van der Waals surface area contributed by atoms with Gasteiger partial charge in [-0.1, -0.05) is 29.9 Å². The summed E-state index contributed by atoms with van der Waals surface area (Å²) >= 11 is 0. The fraction of sp³-hybridized carbons (Fsp3) is 0.353. The number of aliphatic hydroxyl groups excluding tert-OH is 1. The maximum Gasteiger partial charge on any atom is 0.319 e. The molecule has 1 aromatic rings. The lowest BCUT2D eigenvalue weighted by atomic mass is 9.89. The first kappa shape index (κ1) is 17.7. The largest absolute Gasteiger partial charge is 0.390 e. The molecule has 128 valence electrons. The van der Waals surface area contributed by atoms with Crippen LogP contribution >= 0.6 is 0 Å². The van der Waals surface area contributed by atoms with Gasteiger partial charge in [-0.05, 0) is 26.3 Å². The molecule has 0 aromatic heterocycles. The first-order valence-electron chi connectivity index (χ1n) is 7.72. The number of allylic oxidation sites excluding steroid dienone is 3. The lowest BCUT2D eigenvalue weighted by Crippen LogP contribution is -2.46. The van der Waals surface area contributed by atoms with Gasteiger partial charge in [0.25, 0.3) is 5.69 Å². The van der Waals surface area contributed by atoms with E-state index >= 15 is 0 Å². The lowest BCUT2D eigenvalue weighted by Gasteiger charge is -2.27. The van der Waals surface area contributed by atoms with Crippen molar-refractivity contribution in [1.82, 2.24) is 5.32 Å². The molecular formula is C17H21N3O4. The maximum atomic E-state index is 12.0. The minimum atomic E-state index is -0.721. The number of benzene rings is 1. The topological polar surface area (TPSA) is 104 Å². The van der Waals surface area contributed by atoms with E-state index in [9.17, 15) is 20.0 Å². The van der Waals surface area contributed by atoms with Crippen LogP contribution in [0.25, 0.3) is 0 Å². The van der Waals surface area contributed by atoms with E-state index in [1.54, 1.807) is 13.0 Å². The van der Waals surface area contributed by atoms with E-state index in [1.807, 2.05) is 25.2 Å². The molecule has 2 rings (SSSR count). The van der Waals surface area contributed by atoms with Gasteiger partial charge in [0.2, 0.25) is 0 Å². The van der Waals surface area contributed by atoms with Crippen LogP contribution in [-0.2, 0) is 0 Å². The molecule has 3 unspecified atom stereocenters. The molecule has 3 N–H and O–H groups in total. The average molecular weight is 331 g/mol. The minimum absolute atomic E-state index is 0.0539. The quantitative estimate of drug-likeness (QED) is 0.570. The van der Waals surface area contributed by atoms with Gasteiger partial charge in [0.1, 0.15) is 0 Å². The van der Waals surface area contributed by atoms with E-state index in [4.69, 9.17) is 0 Å². The molecule has 0 saturated carbocycles. The van der Waals surface area contributed by atoms with E-state index in [1.165, 1.54) is 18.2 Å². The number of urea groups is 1. The molecular weight excluding hydrogens is 310 g/mol. The Hall–Kier alpha value is -2.67. The number of hydrogen-bond acceptors (Lipinski definition) is 4. The van der Waals surface area contributed by atoms with Crippen LogP contribution < -0.4 is 10.6 Å². The Labute approximate surface area is 140 Å². The highest BCUT2D eigenvalue weighted by molar-refractivity contribution is 5.89. The Morgan fingerprint density at radius 1 is 1.46 bits per heavy atom. The minimum Gasteiger partial charge on any atom is -0.390 e. The third-order valence-electron chi connectivity index (χ3n) is 3.94. The first-order chi connectivity index (χ1) is 11.4. The van der Waals surface area contributed by atoms with Crippen LogP contribution in [0.1, 0.15) is 20.3 Å². The summed E-state index contributed by atoms with van der Waals surface area (Å²) in [7, 11) is 0. The zero-order valence-corrected chi connectivity index (χ0v) is 13.6. The van der Waals surface area contributed by atoms with Crippen molar-refractivity contribution in [1.29, 1.82) is 0 Å². The number of amides is 2. The van der Waals surface area contributed by atoms with Crippen molar-refractivity contribution in [2.24, 2.45) is 5.92 Å². The van der Waals surface area contributed by atoms with Gasteiger partial charge < -0.3 is 15.7 Å². The predicted molar refractivity (Wildman–Crippen MR) is 91.7 cm³/mol. The molecule has 0 bridgehead atoms. The molecule has 2 amide bonds. The molecule has 0 aliphatic heterocycles. The Morgan fingerprint density at radius 3 is 2.83 bits per heavy atom. The van der Waals surface area contributed by atoms with Crippen LogP contribution in [-0.4, -0.2) is 28.2 Å². The third-order valence-corrected chi connectivity index (χ3v) is 3.94. The van der Waals surface area contributed by atoms with Crippen LogP contribution in [0.3, 0.4) is 0 Å². The van der Waals surface area contributed by atoms with Gasteiger partial charge in [0.05, 0.1) is 17.1 Å². The highest BCUT2D eigenvalue weighted by atomic mass is 16.6. The average Bonchev–Trinajstić information content (AvgIpc) is 2.55. The van der Waals surface area contributed by atoms with Crippen molar-refractivity contribution < 1.29 is 14.8 Å². The summed E-state index contributed by atoms with van der Waals surface area (Å²) in [4.78, 5) is 22.2. The summed E-state index contributed by atoms with van der Waals surface area (Å²) in [5.74, 6) is -0.0539. The van der Waals surface area contributed by atoms with Crippen molar-refractivity contribution >= 4 is 17.4 Å². The van der Waals surface area contributed by atoms with E-state index < -0.39 is 23.1 Å². The van der Waals surface area contributed by atoms with Gasteiger partial charge in [-0.25, -0.2) is 4.79 Å². The van der Waals surface area contributed by atoms with Crippen LogP contribution in [0, 0.1) is 16.0 Å². The lowest BCUT2D eigenvalue weighted by molar-refractivity contribution is -0.384. The summed E-state index contributed by atoms with van der Waals surface area (Å²) in [6, 6.07) is 4.69. The van der Waals surface area contributed by atoms with Gasteiger partial charge in [0, 0.05) is 23.7 Å². The smallest absolute Gasteiger partial charge is 0.319 e. The predicted octanol–water partition coefficient (Wildman–Crippen LogP) is 2.99. The standard InChI is InChI=1S/C17H21N3O4/c1-11-6-8-13(9-7-11)16(21)12(2)18-17(22)19-14-4-3-5-15(10-14)20(23)24/h3-8,10,12-13,16,21H,9H2,1-2H3,(H2,18,19,22). The summed E-state index contributed by atoms with van der Waals surface area (Å²) < 4.78 is 0. The second kappa shape index (κ2) is 7.74. The number of anilines is 1. The number of carbonyl (C=O) groups excluding carboxylic acids is 1. The van der Waals surface area contributed by atoms with E-state index in [-0.39, 0.29) is 11.6 Å². The summed E-state index contributed by atoms with van der Waals surface area (Å²) in [6.07, 6.45) is 5.94. The van der Waals surface area contributed by atoms with Crippen molar-refractivity contribution in [3.05, 3.63) is 58.2 Å². The molecule has 0 heterocycles. The number of nitrogens with zero attached hydrogens (tertiary/aromatic N) is 1. The summed E-state index contributed by atoms with van der Waals surface area (Å²) in [5, 5.41) is 26.3. The third kappa shape index (κ3) is 4.66. The van der Waals surface area contributed by atoms with Crippen LogP contribution in [0.2, 0.25) is 0 Å². The normalized spacial score (nSPS) is 19.1. The molecule has 1 aliphatic carbocycles. The number of non-ortho nitro benzene ring substituents is 1. The molecule has 0 fully saturated rings. The molecule has 0 spiro atoms. The van der Waals surface area contributed by atoms with Crippen LogP contribution in [0.15, 0.2) is 48.1 Å². The van der Waals surface area contributed by atoms with E-state index in [0.29, 0.717) is 5.69 Å². The molecule has 1 aliphatic rings. The highest BCUT2D eigenvalue weighted by Crippen LogP contribution is 2.21. The highest BCUT2D eigenvalue weighted by Gasteiger charge is 2.24. The van der Waals surface area contributed by atoms with Crippen molar-refractivity contribution in [2.75, 3.05) is 5.32 Å². The second-order valence-corrected chi connectivity index (χ2v) is 5.89. The van der Waals surface area contributed by atoms with E-state index in [0.717, 1.165) is 12.0 Å². The van der Waals surface area contributed by atoms with Crippen molar-refractivity contribution in [3.8, 4) is 0 Å². The first-order valence-corrected chi connectivity index (χ1v) is 7.72. The number of aliphatic hydroxyl groups is 1. The zero-order chi connectivity index (χ0) is 17.7. The molecule has 1 aromatic carbocycles. The van der Waals surface area contributed by atoms with Crippen LogP contribution in [0.4, 0.5) is 16.2 Å². The second-order valence-electron chi connectivity index (χ2n) is 5.89. The Balaban J connectivity index is 1.91. The number of nitro benzene ring substituents is 1. The molecule has 7 nitrogen and oxygen atoms in total. The fourth-order valence-electron chi connectivity index (χ4n) is 2.52. The summed E-state index contributed by atoms with van der Waals surface area (Å²) in [6.45, 7) is 3.71. The van der Waals surface area contributed by atoms with Crippen LogP contribution in [0.5, 0.6) is 0 Å². The van der Waals surface area contributed by atoms with Gasteiger partial charge in [-0.15, -0.1) is 0 Å². The fourth-order valence-corrected chi connectivity index (χ4v) is 2.52. The molecule has 0 saturated heterocycles. The number of hydrogen-bond donors (Lipinski definition) is 3. The Bertz CT molecular complexity index is 684. The summed E-state index contributed by atoms with van der Waals surface area (Å²) in [5.41, 5.74) is 1.37. The molecule has 3 atom stereocenters. The van der Waals surface area contributed by atoms with Gasteiger partial charge in [-0.2, -0.15) is 0 Å². The Kier molecular flexibility index (Phi) is 5.70. The Morgan fingerprint density at radius 2 is 2.21 bits per heavy atom. The van der Waals surface area contributed by atoms with Crippen molar-refractivity contribution in [3.63, 3.8) is 0 Å². The van der Waals surface area contributed by atoms with Gasteiger partial charge in [0.15, 0.2) is 0 Å². The number of nitro groups is 1. The SMILES string of the molecule is CC1=CCC(C(O)C(C)NC(=O)Nc2cccc([N+](=O)[O-])c2)C=C1. The zero-order valence-electron chi connectivity index (χ0n) is 13.6. The monoisotopic (exact) mass is 331 g/mol. The molecule has 7 heteroatoms. The number of nitrogens with one attached hydrogen (secondary N) is 2. The van der Waals surface area contributed by atoms with Gasteiger partial charge in [-0.3, -0.25) is 10.1 Å². The van der Waals surface area contributed by atoms with E-state index in [2.05, 4.69) is 10.6 Å².